The Kier molecular flexibility index (Phi) is 6.61. The lowest BCUT2D eigenvalue weighted by atomic mass is 9.94. The number of nitrogens with zero attached hydrogens (tertiary/aromatic N) is 2. The number of fused-ring (bicyclic) bond motifs is 3. The number of nitrogens with one attached hydrogen (secondary N) is 1. The third-order valence-corrected chi connectivity index (χ3v) is 6.54. The first-order valence-electron chi connectivity index (χ1n) is 10.6. The van der Waals surface area contributed by atoms with Crippen molar-refractivity contribution in [2.45, 2.75) is 38.0 Å². The fraction of sp³-hybridized carbons (Fsp3) is 0.409. The first kappa shape index (κ1) is 24.1. The van der Waals surface area contributed by atoms with Gasteiger partial charge < -0.3 is 29.7 Å². The summed E-state index contributed by atoms with van der Waals surface area (Å²) in [5.41, 5.74) is -1.90. The minimum absolute atomic E-state index is 0.102. The smallest absolute Gasteiger partial charge is 0.275 e. The number of pyridine rings is 1. The molecule has 0 saturated carbocycles. The highest BCUT2D eigenvalue weighted by molar-refractivity contribution is 6.30. The summed E-state index contributed by atoms with van der Waals surface area (Å²) >= 11 is 5.55. The molecule has 1 aromatic heterocycles. The number of rotatable bonds is 5. The number of aromatic nitrogens is 1. The lowest BCUT2D eigenvalue weighted by molar-refractivity contribution is -0.0358. The first-order chi connectivity index (χ1) is 16.2. The lowest BCUT2D eigenvalue weighted by Gasteiger charge is -2.47. The molecule has 2 aliphatic heterocycles. The molecule has 3 heterocycles. The van der Waals surface area contributed by atoms with Gasteiger partial charge in [0.15, 0.2) is 11.4 Å². The third-order valence-electron chi connectivity index (χ3n) is 6.19. The van der Waals surface area contributed by atoms with Crippen LogP contribution in [0.5, 0.6) is 5.75 Å². The predicted octanol–water partition coefficient (Wildman–Crippen LogP) is 1.58. The highest BCUT2D eigenvalue weighted by Gasteiger charge is 2.45. The number of benzene rings is 1. The molecule has 34 heavy (non-hydrogen) atoms. The van der Waals surface area contributed by atoms with Gasteiger partial charge in [-0.2, -0.15) is 0 Å². The van der Waals surface area contributed by atoms with E-state index in [4.69, 9.17) is 16.3 Å². The molecule has 3 N–H and O–H groups in total. The van der Waals surface area contributed by atoms with Crippen LogP contribution in [-0.4, -0.2) is 63.4 Å². The van der Waals surface area contributed by atoms with Gasteiger partial charge in [0.1, 0.15) is 22.2 Å². The van der Waals surface area contributed by atoms with Gasteiger partial charge in [-0.25, -0.2) is 8.78 Å². The molecule has 4 rings (SSSR count). The Morgan fingerprint density at radius 3 is 2.76 bits per heavy atom. The Balaban J connectivity index is 1.70. The van der Waals surface area contributed by atoms with Crippen molar-refractivity contribution < 1.29 is 33.3 Å². The zero-order valence-corrected chi connectivity index (χ0v) is 18.8. The zero-order chi connectivity index (χ0) is 24.7. The molecule has 0 spiro atoms. The van der Waals surface area contributed by atoms with Crippen LogP contribution >= 0.6 is 11.6 Å². The number of aromatic hydroxyl groups is 1. The van der Waals surface area contributed by atoms with Crippen molar-refractivity contribution in [3.63, 3.8) is 0 Å². The minimum Gasteiger partial charge on any atom is -0.503 e. The molecule has 2 amide bonds. The van der Waals surface area contributed by atoms with Crippen molar-refractivity contribution in [3.05, 3.63) is 62.0 Å². The Morgan fingerprint density at radius 1 is 1.32 bits per heavy atom. The van der Waals surface area contributed by atoms with Gasteiger partial charge in [0.05, 0.1) is 31.3 Å². The number of carbonyl (C=O) groups excluding carboxylic acids is 2. The summed E-state index contributed by atoms with van der Waals surface area (Å²) in [6.07, 6.45) is 1.63. The molecular formula is C22H22ClF2N3O6. The van der Waals surface area contributed by atoms with Gasteiger partial charge in [0.2, 0.25) is 5.43 Å². The summed E-state index contributed by atoms with van der Waals surface area (Å²) in [6, 6.07) is 0.565. The molecule has 1 aromatic carbocycles. The van der Waals surface area contributed by atoms with Crippen molar-refractivity contribution in [3.8, 4) is 5.75 Å². The van der Waals surface area contributed by atoms with Crippen LogP contribution in [0.1, 0.15) is 45.8 Å². The second kappa shape index (κ2) is 9.32. The molecule has 1 unspecified atom stereocenters. The van der Waals surface area contributed by atoms with Crippen molar-refractivity contribution in [2.24, 2.45) is 0 Å². The Labute approximate surface area is 197 Å². The molecule has 2 aliphatic rings. The van der Waals surface area contributed by atoms with Gasteiger partial charge in [-0.3, -0.25) is 14.4 Å². The Hall–Kier alpha value is -3.02. The normalized spacial score (nSPS) is 20.5. The van der Waals surface area contributed by atoms with E-state index in [-0.39, 0.29) is 24.5 Å². The zero-order valence-electron chi connectivity index (χ0n) is 18.1. The highest BCUT2D eigenvalue weighted by atomic mass is 35.5. The summed E-state index contributed by atoms with van der Waals surface area (Å²) in [5, 5.41) is 21.9. The van der Waals surface area contributed by atoms with Gasteiger partial charge >= 0.3 is 0 Å². The van der Waals surface area contributed by atoms with Gasteiger partial charge in [-0.15, -0.1) is 0 Å². The summed E-state index contributed by atoms with van der Waals surface area (Å²) in [5.74, 6) is -4.47. The molecule has 1 saturated heterocycles. The van der Waals surface area contributed by atoms with Gasteiger partial charge in [0.25, 0.3) is 11.8 Å². The van der Waals surface area contributed by atoms with Crippen molar-refractivity contribution in [1.29, 1.82) is 0 Å². The molecule has 0 aliphatic carbocycles. The third kappa shape index (κ3) is 3.93. The molecule has 3 atom stereocenters. The molecule has 12 heteroatoms. The van der Waals surface area contributed by atoms with Crippen molar-refractivity contribution in [2.75, 3.05) is 19.8 Å². The predicted molar refractivity (Wildman–Crippen MR) is 116 cm³/mol. The second-order valence-electron chi connectivity index (χ2n) is 8.24. The van der Waals surface area contributed by atoms with E-state index in [1.807, 2.05) is 0 Å². The van der Waals surface area contributed by atoms with E-state index in [0.29, 0.717) is 13.0 Å². The first-order valence-corrected chi connectivity index (χ1v) is 10.9. The van der Waals surface area contributed by atoms with Gasteiger partial charge in [-0.05, 0) is 19.4 Å². The summed E-state index contributed by atoms with van der Waals surface area (Å²) in [7, 11) is 0. The van der Waals surface area contributed by atoms with Crippen LogP contribution in [0, 0.1) is 11.6 Å². The number of ether oxygens (including phenoxy) is 1. The molecule has 9 nitrogen and oxygen atoms in total. The van der Waals surface area contributed by atoms with Gasteiger partial charge in [-0.1, -0.05) is 17.7 Å². The number of aliphatic hydroxyl groups is 1. The van der Waals surface area contributed by atoms with Crippen molar-refractivity contribution in [1.82, 2.24) is 14.8 Å². The Morgan fingerprint density at radius 2 is 2.06 bits per heavy atom. The van der Waals surface area contributed by atoms with E-state index < -0.39 is 69.9 Å². The van der Waals surface area contributed by atoms with Crippen LogP contribution in [0.4, 0.5) is 8.78 Å². The molecule has 0 radical (unpaired) electrons. The number of aliphatic hydroxyl groups excluding tert-OH is 1. The molecule has 182 valence electrons. The number of hydrogen-bond donors (Lipinski definition) is 3. The number of halogens is 3. The summed E-state index contributed by atoms with van der Waals surface area (Å²) < 4.78 is 34.4. The second-order valence-corrected chi connectivity index (χ2v) is 8.61. The maximum Gasteiger partial charge on any atom is 0.275 e. The molecular weight excluding hydrogens is 476 g/mol. The monoisotopic (exact) mass is 497 g/mol. The van der Waals surface area contributed by atoms with E-state index in [1.165, 1.54) is 15.7 Å². The van der Waals surface area contributed by atoms with Crippen LogP contribution < -0.4 is 10.7 Å². The Bertz CT molecular complexity index is 1220. The molecule has 2 aromatic rings. The standard InChI is InChI=1S/C22H22ClF2N3O6/c1-10(8-29)28-15-9-34-5-4-14(15)27-7-12(19(30)20(31)18(27)22(28)33)21(32)26-6-11-2-3-13(24)16(23)17(11)25/h2-3,7,10,14-15,29,31H,4-6,8-9H2,1H3,(H,26,32)/t10-,14+,15?/m1/s1. The van der Waals surface area contributed by atoms with Gasteiger partial charge in [0, 0.05) is 24.9 Å². The van der Waals surface area contributed by atoms with Crippen LogP contribution in [0.2, 0.25) is 5.02 Å². The summed E-state index contributed by atoms with van der Waals surface area (Å²) in [6.45, 7) is 1.45. The average Bonchev–Trinajstić information content (AvgIpc) is 2.83. The topological polar surface area (TPSA) is 121 Å². The fourth-order valence-corrected chi connectivity index (χ4v) is 4.60. The largest absolute Gasteiger partial charge is 0.503 e. The number of carbonyl (C=O) groups is 2. The van der Waals surface area contributed by atoms with Crippen molar-refractivity contribution >= 4 is 23.4 Å². The number of amides is 2. The van der Waals surface area contributed by atoms with Crippen LogP contribution in [0.25, 0.3) is 0 Å². The minimum atomic E-state index is -1.07. The molecule has 1 fully saturated rings. The van der Waals surface area contributed by atoms with Crippen LogP contribution in [0.3, 0.4) is 0 Å². The lowest BCUT2D eigenvalue weighted by Crippen LogP contribution is -2.59. The number of hydrogen-bond acceptors (Lipinski definition) is 6. The maximum atomic E-state index is 14.1. The molecule has 0 bridgehead atoms. The fourth-order valence-electron chi connectivity index (χ4n) is 4.42. The van der Waals surface area contributed by atoms with E-state index in [2.05, 4.69) is 5.32 Å². The maximum absolute atomic E-state index is 14.1. The quantitative estimate of drug-likeness (QED) is 0.539. The van der Waals surface area contributed by atoms with Crippen LogP contribution in [-0.2, 0) is 11.3 Å². The van der Waals surface area contributed by atoms with E-state index in [9.17, 15) is 33.4 Å². The van der Waals surface area contributed by atoms with E-state index in [0.717, 1.165) is 12.1 Å². The van der Waals surface area contributed by atoms with E-state index >= 15 is 0 Å². The van der Waals surface area contributed by atoms with Crippen LogP contribution in [0.15, 0.2) is 23.1 Å². The highest BCUT2D eigenvalue weighted by Crippen LogP contribution is 2.36. The SMILES string of the molecule is C[C@H](CO)N1C(=O)c2c(O)c(=O)c(C(=O)NCc3ccc(F)c(Cl)c3F)cn2[C@H]2CCOCC21. The van der Waals surface area contributed by atoms with E-state index in [1.54, 1.807) is 6.92 Å². The average molecular weight is 498 g/mol. The summed E-state index contributed by atoms with van der Waals surface area (Å²) in [4.78, 5) is 40.2.